The SMILES string of the molecule is COc1ccc([C@H](C)NC(=O)CN(Cc2ccccc2Cl)S(=O)(=O)c2ccc(Br)cc2)cc1. The standard InChI is InChI=1S/C24H24BrClN2O4S/c1-17(18-7-11-21(32-2)12-8-18)27-24(29)16-28(15-19-5-3-4-6-23(19)26)33(30,31)22-13-9-20(25)10-14-22/h3-14,17H,15-16H2,1-2H3,(H,27,29)/t17-/m0/s1. The molecule has 1 atom stereocenters. The van der Waals surface area contributed by atoms with Crippen molar-refractivity contribution in [2.75, 3.05) is 13.7 Å². The molecule has 6 nitrogen and oxygen atoms in total. The first kappa shape index (κ1) is 25.2. The fourth-order valence-electron chi connectivity index (χ4n) is 3.22. The Hall–Kier alpha value is -2.39. The molecular weight excluding hydrogens is 528 g/mol. The fraction of sp³-hybridized carbons (Fsp3) is 0.208. The fourth-order valence-corrected chi connectivity index (χ4v) is 5.06. The number of halogens is 2. The third-order valence-corrected chi connectivity index (χ3v) is 7.77. The molecule has 0 aliphatic carbocycles. The van der Waals surface area contributed by atoms with E-state index in [1.165, 1.54) is 12.1 Å². The minimum absolute atomic E-state index is 0.0393. The van der Waals surface area contributed by atoms with Crippen LogP contribution in [0, 0.1) is 0 Å². The smallest absolute Gasteiger partial charge is 0.243 e. The molecule has 0 saturated heterocycles. The highest BCUT2D eigenvalue weighted by atomic mass is 79.9. The molecule has 9 heteroatoms. The van der Waals surface area contributed by atoms with E-state index in [4.69, 9.17) is 16.3 Å². The van der Waals surface area contributed by atoms with Gasteiger partial charge < -0.3 is 10.1 Å². The van der Waals surface area contributed by atoms with Gasteiger partial charge in [0.05, 0.1) is 24.6 Å². The van der Waals surface area contributed by atoms with Gasteiger partial charge in [-0.05, 0) is 60.5 Å². The molecular formula is C24H24BrClN2O4S. The summed E-state index contributed by atoms with van der Waals surface area (Å²) in [6, 6.07) is 20.2. The second kappa shape index (κ2) is 11.2. The highest BCUT2D eigenvalue weighted by Gasteiger charge is 2.28. The minimum atomic E-state index is -3.96. The Morgan fingerprint density at radius 1 is 1.06 bits per heavy atom. The molecule has 0 heterocycles. The molecule has 1 N–H and O–H groups in total. The van der Waals surface area contributed by atoms with E-state index in [0.29, 0.717) is 16.3 Å². The first-order chi connectivity index (χ1) is 15.7. The summed E-state index contributed by atoms with van der Waals surface area (Å²) < 4.78 is 33.8. The molecule has 3 aromatic rings. The molecule has 3 rings (SSSR count). The second-order valence-corrected chi connectivity index (χ2v) is 10.6. The molecule has 0 radical (unpaired) electrons. The van der Waals surface area contributed by atoms with Crippen molar-refractivity contribution in [1.82, 2.24) is 9.62 Å². The summed E-state index contributed by atoms with van der Waals surface area (Å²) in [5, 5.41) is 3.30. The second-order valence-electron chi connectivity index (χ2n) is 7.38. The van der Waals surface area contributed by atoms with Crippen molar-refractivity contribution in [3.63, 3.8) is 0 Å². The lowest BCUT2D eigenvalue weighted by Gasteiger charge is -2.24. The maximum Gasteiger partial charge on any atom is 0.243 e. The van der Waals surface area contributed by atoms with Crippen LogP contribution in [-0.2, 0) is 21.4 Å². The molecule has 0 spiro atoms. The normalized spacial score (nSPS) is 12.4. The van der Waals surface area contributed by atoms with Crippen LogP contribution >= 0.6 is 27.5 Å². The Morgan fingerprint density at radius 3 is 2.30 bits per heavy atom. The van der Waals surface area contributed by atoms with Gasteiger partial charge in [-0.2, -0.15) is 4.31 Å². The summed E-state index contributed by atoms with van der Waals surface area (Å²) in [6.45, 7) is 1.44. The summed E-state index contributed by atoms with van der Waals surface area (Å²) >= 11 is 9.59. The van der Waals surface area contributed by atoms with Gasteiger partial charge in [0.2, 0.25) is 15.9 Å². The molecule has 0 aliphatic rings. The van der Waals surface area contributed by atoms with Crippen molar-refractivity contribution in [2.45, 2.75) is 24.4 Å². The van der Waals surface area contributed by atoms with Crippen molar-refractivity contribution >= 4 is 43.5 Å². The highest BCUT2D eigenvalue weighted by molar-refractivity contribution is 9.10. The van der Waals surface area contributed by atoms with Gasteiger partial charge in [0.15, 0.2) is 0 Å². The molecule has 0 bridgehead atoms. The summed E-state index contributed by atoms with van der Waals surface area (Å²) in [6.07, 6.45) is 0. The number of nitrogens with zero attached hydrogens (tertiary/aromatic N) is 1. The van der Waals surface area contributed by atoms with Gasteiger partial charge >= 0.3 is 0 Å². The van der Waals surface area contributed by atoms with Crippen molar-refractivity contribution in [3.8, 4) is 5.75 Å². The van der Waals surface area contributed by atoms with E-state index in [0.717, 1.165) is 14.3 Å². The Labute approximate surface area is 207 Å². The number of rotatable bonds is 9. The summed E-state index contributed by atoms with van der Waals surface area (Å²) in [5.74, 6) is 0.287. The zero-order valence-corrected chi connectivity index (χ0v) is 21.3. The third kappa shape index (κ3) is 6.57. The van der Waals surface area contributed by atoms with E-state index in [1.807, 2.05) is 19.1 Å². The predicted octanol–water partition coefficient (Wildman–Crippen LogP) is 5.18. The van der Waals surface area contributed by atoms with Crippen molar-refractivity contribution in [3.05, 3.63) is 93.4 Å². The Bertz CT molecular complexity index is 1200. The predicted molar refractivity (Wildman–Crippen MR) is 133 cm³/mol. The molecule has 1 amide bonds. The number of sulfonamides is 1. The monoisotopic (exact) mass is 550 g/mol. The molecule has 0 aromatic heterocycles. The quantitative estimate of drug-likeness (QED) is 0.398. The summed E-state index contributed by atoms with van der Waals surface area (Å²) in [4.78, 5) is 13.0. The van der Waals surface area contributed by atoms with E-state index < -0.39 is 15.9 Å². The number of hydrogen-bond donors (Lipinski definition) is 1. The molecule has 33 heavy (non-hydrogen) atoms. The van der Waals surface area contributed by atoms with E-state index in [9.17, 15) is 13.2 Å². The van der Waals surface area contributed by atoms with Crippen molar-refractivity contribution in [1.29, 1.82) is 0 Å². The lowest BCUT2D eigenvalue weighted by atomic mass is 10.1. The lowest BCUT2D eigenvalue weighted by molar-refractivity contribution is -0.122. The molecule has 3 aromatic carbocycles. The molecule has 0 saturated carbocycles. The van der Waals surface area contributed by atoms with Crippen LogP contribution in [0.2, 0.25) is 5.02 Å². The minimum Gasteiger partial charge on any atom is -0.497 e. The Kier molecular flexibility index (Phi) is 8.53. The van der Waals surface area contributed by atoms with Crippen LogP contribution in [0.25, 0.3) is 0 Å². The number of ether oxygens (including phenoxy) is 1. The van der Waals surface area contributed by atoms with Gasteiger partial charge in [-0.1, -0.05) is 57.9 Å². The van der Waals surface area contributed by atoms with Gasteiger partial charge in [-0.25, -0.2) is 8.42 Å². The Morgan fingerprint density at radius 2 is 1.70 bits per heavy atom. The molecule has 174 valence electrons. The van der Waals surface area contributed by atoms with Gasteiger partial charge in [-0.15, -0.1) is 0 Å². The van der Waals surface area contributed by atoms with Gasteiger partial charge in [0, 0.05) is 16.0 Å². The lowest BCUT2D eigenvalue weighted by Crippen LogP contribution is -2.41. The number of benzene rings is 3. The number of amides is 1. The van der Waals surface area contributed by atoms with Crippen molar-refractivity contribution < 1.29 is 17.9 Å². The molecule has 0 unspecified atom stereocenters. The van der Waals surface area contributed by atoms with E-state index in [-0.39, 0.29) is 24.0 Å². The van der Waals surface area contributed by atoms with Gasteiger partial charge in [-0.3, -0.25) is 4.79 Å². The van der Waals surface area contributed by atoms with Crippen LogP contribution in [-0.4, -0.2) is 32.3 Å². The topological polar surface area (TPSA) is 75.7 Å². The van der Waals surface area contributed by atoms with Crippen LogP contribution in [0.4, 0.5) is 0 Å². The van der Waals surface area contributed by atoms with Crippen LogP contribution in [0.15, 0.2) is 82.2 Å². The first-order valence-corrected chi connectivity index (χ1v) is 12.7. The van der Waals surface area contributed by atoms with E-state index in [1.54, 1.807) is 55.6 Å². The average molecular weight is 552 g/mol. The number of carbonyl (C=O) groups is 1. The van der Waals surface area contributed by atoms with Crippen LogP contribution in [0.1, 0.15) is 24.1 Å². The zero-order valence-electron chi connectivity index (χ0n) is 18.2. The largest absolute Gasteiger partial charge is 0.497 e. The number of methoxy groups -OCH3 is 1. The maximum atomic E-state index is 13.4. The third-order valence-electron chi connectivity index (χ3n) is 5.07. The van der Waals surface area contributed by atoms with Crippen LogP contribution < -0.4 is 10.1 Å². The Balaban J connectivity index is 1.83. The maximum absolute atomic E-state index is 13.4. The number of carbonyl (C=O) groups excluding carboxylic acids is 1. The zero-order chi connectivity index (χ0) is 24.0. The molecule has 0 fully saturated rings. The molecule has 0 aliphatic heterocycles. The van der Waals surface area contributed by atoms with Crippen molar-refractivity contribution in [2.24, 2.45) is 0 Å². The highest BCUT2D eigenvalue weighted by Crippen LogP contribution is 2.24. The summed E-state index contributed by atoms with van der Waals surface area (Å²) in [5.41, 5.74) is 1.48. The van der Waals surface area contributed by atoms with Crippen LogP contribution in [0.3, 0.4) is 0 Å². The average Bonchev–Trinajstić information content (AvgIpc) is 2.80. The van der Waals surface area contributed by atoms with Gasteiger partial charge in [0.25, 0.3) is 0 Å². The summed E-state index contributed by atoms with van der Waals surface area (Å²) in [7, 11) is -2.38. The van der Waals surface area contributed by atoms with E-state index >= 15 is 0 Å². The first-order valence-electron chi connectivity index (χ1n) is 10.1. The van der Waals surface area contributed by atoms with E-state index in [2.05, 4.69) is 21.2 Å². The van der Waals surface area contributed by atoms with Crippen LogP contribution in [0.5, 0.6) is 5.75 Å². The number of hydrogen-bond acceptors (Lipinski definition) is 4. The van der Waals surface area contributed by atoms with Gasteiger partial charge in [0.1, 0.15) is 5.75 Å². The number of nitrogens with one attached hydrogen (secondary N) is 1.